The highest BCUT2D eigenvalue weighted by atomic mass is 16.5. The van der Waals surface area contributed by atoms with Crippen molar-refractivity contribution in [2.24, 2.45) is 0 Å². The number of aromatic nitrogens is 1. The van der Waals surface area contributed by atoms with E-state index < -0.39 is 5.97 Å². The normalized spacial score (nSPS) is 20.2. The molecule has 2 N–H and O–H groups in total. The average molecular weight is 181 g/mol. The van der Waals surface area contributed by atoms with E-state index in [0.29, 0.717) is 0 Å². The predicted octanol–water partition coefficient (Wildman–Crippen LogP) is 1.35. The first kappa shape index (κ1) is 8.31. The van der Waals surface area contributed by atoms with Crippen LogP contribution in [0, 0.1) is 0 Å². The minimum atomic E-state index is -0.913. The number of carboxylic acid groups (broad SMARTS) is 1. The summed E-state index contributed by atoms with van der Waals surface area (Å²) in [5.74, 6) is -0.913. The smallest absolute Gasteiger partial charge is 0.352 e. The van der Waals surface area contributed by atoms with Gasteiger partial charge in [0, 0.05) is 12.8 Å². The third kappa shape index (κ3) is 1.23. The second-order valence-corrected chi connectivity index (χ2v) is 3.19. The van der Waals surface area contributed by atoms with Crippen molar-refractivity contribution < 1.29 is 14.6 Å². The van der Waals surface area contributed by atoms with Crippen LogP contribution in [0.2, 0.25) is 0 Å². The van der Waals surface area contributed by atoms with Crippen LogP contribution >= 0.6 is 0 Å². The number of aryl methyl sites for hydroxylation is 1. The number of aromatic amines is 1. The Morgan fingerprint density at radius 3 is 3.15 bits per heavy atom. The molecular formula is C9H11NO3. The van der Waals surface area contributed by atoms with Crippen LogP contribution in [0.1, 0.15) is 34.3 Å². The number of hydrogen-bond acceptors (Lipinski definition) is 2. The number of ether oxygens (including phenoxy) is 1. The van der Waals surface area contributed by atoms with Crippen molar-refractivity contribution in [3.05, 3.63) is 23.0 Å². The molecular weight excluding hydrogens is 170 g/mol. The number of H-pyrrole nitrogens is 1. The van der Waals surface area contributed by atoms with Crippen molar-refractivity contribution in [2.75, 3.05) is 7.11 Å². The van der Waals surface area contributed by atoms with E-state index in [2.05, 4.69) is 4.98 Å². The molecule has 1 aliphatic carbocycles. The summed E-state index contributed by atoms with van der Waals surface area (Å²) in [6, 6.07) is 1.69. The van der Waals surface area contributed by atoms with Crippen LogP contribution in [0.5, 0.6) is 0 Å². The number of rotatable bonds is 2. The zero-order chi connectivity index (χ0) is 9.42. The lowest BCUT2D eigenvalue weighted by molar-refractivity contribution is 0.0688. The number of nitrogens with one attached hydrogen (secondary N) is 1. The van der Waals surface area contributed by atoms with Gasteiger partial charge < -0.3 is 14.8 Å². The van der Waals surface area contributed by atoms with Crippen LogP contribution < -0.4 is 0 Å². The van der Waals surface area contributed by atoms with Crippen molar-refractivity contribution in [3.63, 3.8) is 0 Å². The first-order valence-electron chi connectivity index (χ1n) is 4.20. The van der Waals surface area contributed by atoms with Crippen LogP contribution in [0.25, 0.3) is 0 Å². The number of fused-ring (bicyclic) bond motifs is 1. The fourth-order valence-electron chi connectivity index (χ4n) is 1.79. The predicted molar refractivity (Wildman–Crippen MR) is 45.8 cm³/mol. The summed E-state index contributed by atoms with van der Waals surface area (Å²) in [6.45, 7) is 0. The lowest BCUT2D eigenvalue weighted by Gasteiger charge is -2.06. The molecule has 0 radical (unpaired) electrons. The number of methoxy groups -OCH3 is 1. The van der Waals surface area contributed by atoms with E-state index in [1.807, 2.05) is 0 Å². The Bertz CT molecular complexity index is 343. The quantitative estimate of drug-likeness (QED) is 0.723. The number of carbonyl (C=O) groups is 1. The summed E-state index contributed by atoms with van der Waals surface area (Å²) in [4.78, 5) is 13.5. The van der Waals surface area contributed by atoms with E-state index in [1.165, 1.54) is 0 Å². The molecule has 0 saturated heterocycles. The lowest BCUT2D eigenvalue weighted by atomic mass is 10.2. The first-order valence-corrected chi connectivity index (χ1v) is 4.20. The van der Waals surface area contributed by atoms with Gasteiger partial charge in [0.15, 0.2) is 0 Å². The van der Waals surface area contributed by atoms with Gasteiger partial charge in [0.05, 0.1) is 6.10 Å². The number of aromatic carboxylic acids is 1. The van der Waals surface area contributed by atoms with Gasteiger partial charge in [-0.1, -0.05) is 0 Å². The molecule has 0 fully saturated rings. The van der Waals surface area contributed by atoms with Gasteiger partial charge in [-0.2, -0.15) is 0 Å². The van der Waals surface area contributed by atoms with Gasteiger partial charge in [-0.25, -0.2) is 4.79 Å². The molecule has 0 unspecified atom stereocenters. The SMILES string of the molecule is CO[C@@H]1CCc2cc(C(=O)O)[nH]c21. The van der Waals surface area contributed by atoms with Gasteiger partial charge in [0.1, 0.15) is 5.69 Å². The Hall–Kier alpha value is -1.29. The highest BCUT2D eigenvalue weighted by Gasteiger charge is 2.25. The maximum absolute atomic E-state index is 10.6. The minimum Gasteiger partial charge on any atom is -0.477 e. The second kappa shape index (κ2) is 2.88. The topological polar surface area (TPSA) is 62.3 Å². The van der Waals surface area contributed by atoms with E-state index in [9.17, 15) is 4.79 Å². The van der Waals surface area contributed by atoms with Gasteiger partial charge in [0.2, 0.25) is 0 Å². The lowest BCUT2D eigenvalue weighted by Crippen LogP contribution is -2.00. The molecule has 0 saturated carbocycles. The molecule has 1 aliphatic rings. The molecule has 1 atom stereocenters. The Balaban J connectivity index is 2.36. The highest BCUT2D eigenvalue weighted by molar-refractivity contribution is 5.86. The first-order chi connectivity index (χ1) is 6.22. The second-order valence-electron chi connectivity index (χ2n) is 3.19. The number of carboxylic acids is 1. The van der Waals surface area contributed by atoms with Gasteiger partial charge in [-0.15, -0.1) is 0 Å². The van der Waals surface area contributed by atoms with Gasteiger partial charge in [-0.05, 0) is 24.5 Å². The minimum absolute atomic E-state index is 0.0445. The summed E-state index contributed by atoms with van der Waals surface area (Å²) >= 11 is 0. The summed E-state index contributed by atoms with van der Waals surface area (Å²) in [5.41, 5.74) is 2.26. The van der Waals surface area contributed by atoms with Crippen LogP contribution in [-0.4, -0.2) is 23.2 Å². The summed E-state index contributed by atoms with van der Waals surface area (Å²) in [5, 5.41) is 8.73. The van der Waals surface area contributed by atoms with E-state index >= 15 is 0 Å². The molecule has 1 heterocycles. The molecule has 0 aromatic carbocycles. The Morgan fingerprint density at radius 1 is 1.77 bits per heavy atom. The molecule has 0 aliphatic heterocycles. The van der Waals surface area contributed by atoms with Gasteiger partial charge in [0.25, 0.3) is 0 Å². The Morgan fingerprint density at radius 2 is 2.54 bits per heavy atom. The third-order valence-corrected chi connectivity index (χ3v) is 2.45. The monoisotopic (exact) mass is 181 g/mol. The standard InChI is InChI=1S/C9H11NO3/c1-13-7-3-2-5-4-6(9(11)12)10-8(5)7/h4,7,10H,2-3H2,1H3,(H,11,12)/t7-/m1/s1. The molecule has 0 spiro atoms. The van der Waals surface area contributed by atoms with Crippen molar-refractivity contribution in [3.8, 4) is 0 Å². The maximum Gasteiger partial charge on any atom is 0.352 e. The van der Waals surface area contributed by atoms with Crippen LogP contribution in [-0.2, 0) is 11.2 Å². The van der Waals surface area contributed by atoms with E-state index in [-0.39, 0.29) is 11.8 Å². The van der Waals surface area contributed by atoms with Gasteiger partial charge in [-0.3, -0.25) is 0 Å². The maximum atomic E-state index is 10.6. The van der Waals surface area contributed by atoms with Crippen molar-refractivity contribution in [2.45, 2.75) is 18.9 Å². The van der Waals surface area contributed by atoms with Crippen LogP contribution in [0.3, 0.4) is 0 Å². The molecule has 4 nitrogen and oxygen atoms in total. The number of hydrogen-bond donors (Lipinski definition) is 2. The summed E-state index contributed by atoms with van der Waals surface area (Å²) in [7, 11) is 1.64. The Labute approximate surface area is 75.5 Å². The van der Waals surface area contributed by atoms with Crippen LogP contribution in [0.4, 0.5) is 0 Å². The van der Waals surface area contributed by atoms with Crippen molar-refractivity contribution in [1.29, 1.82) is 0 Å². The zero-order valence-corrected chi connectivity index (χ0v) is 7.33. The molecule has 1 aromatic heterocycles. The molecule has 1 aromatic rings. The fraction of sp³-hybridized carbons (Fsp3) is 0.444. The van der Waals surface area contributed by atoms with E-state index in [0.717, 1.165) is 24.1 Å². The van der Waals surface area contributed by atoms with Crippen molar-refractivity contribution in [1.82, 2.24) is 4.98 Å². The largest absolute Gasteiger partial charge is 0.477 e. The zero-order valence-electron chi connectivity index (χ0n) is 7.33. The average Bonchev–Trinajstić information content (AvgIpc) is 2.60. The summed E-state index contributed by atoms with van der Waals surface area (Å²) in [6.07, 6.45) is 1.89. The molecule has 4 heteroatoms. The molecule has 13 heavy (non-hydrogen) atoms. The highest BCUT2D eigenvalue weighted by Crippen LogP contribution is 2.33. The molecule has 70 valence electrons. The van der Waals surface area contributed by atoms with Crippen LogP contribution in [0.15, 0.2) is 6.07 Å². The van der Waals surface area contributed by atoms with E-state index in [1.54, 1.807) is 13.2 Å². The van der Waals surface area contributed by atoms with Gasteiger partial charge >= 0.3 is 5.97 Å². The summed E-state index contributed by atoms with van der Waals surface area (Å²) < 4.78 is 5.21. The Kier molecular flexibility index (Phi) is 1.84. The third-order valence-electron chi connectivity index (χ3n) is 2.45. The van der Waals surface area contributed by atoms with Crippen molar-refractivity contribution >= 4 is 5.97 Å². The fourth-order valence-corrected chi connectivity index (χ4v) is 1.79. The van der Waals surface area contributed by atoms with E-state index in [4.69, 9.17) is 9.84 Å². The molecule has 0 amide bonds. The molecule has 2 rings (SSSR count). The molecule has 0 bridgehead atoms.